The van der Waals surface area contributed by atoms with Crippen molar-refractivity contribution in [1.29, 1.82) is 0 Å². The Hall–Kier alpha value is -4.14. The number of para-hydroxylation sites is 2. The van der Waals surface area contributed by atoms with E-state index in [2.05, 4.69) is 9.97 Å². The first kappa shape index (κ1) is 24.2. The Morgan fingerprint density at radius 2 is 0.868 bits per heavy atom. The molecule has 0 bridgehead atoms. The molecule has 0 aliphatic carbocycles. The van der Waals surface area contributed by atoms with Crippen LogP contribution in [0.1, 0.15) is 0 Å². The first-order valence-electron chi connectivity index (χ1n) is 11.7. The Labute approximate surface area is 223 Å². The zero-order valence-electron chi connectivity index (χ0n) is 19.6. The van der Waals surface area contributed by atoms with Crippen LogP contribution in [0.15, 0.2) is 116 Å². The van der Waals surface area contributed by atoms with Crippen LogP contribution in [-0.4, -0.2) is 9.97 Å². The second-order valence-electron chi connectivity index (χ2n) is 8.59. The molecule has 0 fully saturated rings. The van der Waals surface area contributed by atoms with E-state index in [0.717, 1.165) is 21.6 Å². The third-order valence-electron chi connectivity index (χ3n) is 6.20. The average molecular weight is 541 g/mol. The van der Waals surface area contributed by atoms with Crippen LogP contribution in [-0.2, 0) is 0 Å². The number of rotatable bonds is 5. The van der Waals surface area contributed by atoms with E-state index >= 15 is 0 Å². The number of aromatic amines is 2. The number of fused-ring (bicyclic) bond motifs is 2. The summed E-state index contributed by atoms with van der Waals surface area (Å²) >= 11 is 0. The van der Waals surface area contributed by atoms with Crippen molar-refractivity contribution in [3.63, 3.8) is 0 Å². The second kappa shape index (κ2) is 9.96. The van der Waals surface area contributed by atoms with Crippen LogP contribution in [0.25, 0.3) is 44.3 Å². The normalized spacial score (nSPS) is 11.3. The van der Waals surface area contributed by atoms with Crippen LogP contribution >= 0.6 is 21.6 Å². The summed E-state index contributed by atoms with van der Waals surface area (Å²) in [5.41, 5.74) is 3.27. The summed E-state index contributed by atoms with van der Waals surface area (Å²) in [4.78, 5) is 34.7. The fraction of sp³-hybridized carbons (Fsp3) is 0. The van der Waals surface area contributed by atoms with Crippen molar-refractivity contribution < 1.29 is 8.78 Å². The predicted molar refractivity (Wildman–Crippen MR) is 152 cm³/mol. The quantitative estimate of drug-likeness (QED) is 0.219. The number of pyridine rings is 2. The van der Waals surface area contributed by atoms with E-state index in [1.807, 2.05) is 24.3 Å². The van der Waals surface area contributed by atoms with Gasteiger partial charge in [-0.3, -0.25) is 9.59 Å². The van der Waals surface area contributed by atoms with Crippen molar-refractivity contribution in [1.82, 2.24) is 9.97 Å². The molecule has 2 N–H and O–H groups in total. The maximum atomic E-state index is 13.7. The predicted octanol–water partition coefficient (Wildman–Crippen LogP) is 7.78. The molecule has 38 heavy (non-hydrogen) atoms. The molecule has 0 unspecified atom stereocenters. The lowest BCUT2D eigenvalue weighted by Crippen LogP contribution is -2.10. The Morgan fingerprint density at radius 3 is 1.26 bits per heavy atom. The minimum Gasteiger partial charge on any atom is -0.353 e. The van der Waals surface area contributed by atoms with E-state index in [1.165, 1.54) is 24.3 Å². The Kier molecular flexibility index (Phi) is 6.35. The zero-order valence-corrected chi connectivity index (χ0v) is 21.3. The van der Waals surface area contributed by atoms with Gasteiger partial charge in [0.05, 0.1) is 21.2 Å². The number of hydrogen-bond acceptors (Lipinski definition) is 4. The lowest BCUT2D eigenvalue weighted by Gasteiger charge is -2.13. The van der Waals surface area contributed by atoms with E-state index in [9.17, 15) is 18.4 Å². The fourth-order valence-electron chi connectivity index (χ4n) is 4.32. The zero-order chi connectivity index (χ0) is 26.2. The molecule has 0 aliphatic heterocycles. The number of hydrogen-bond donors (Lipinski definition) is 2. The van der Waals surface area contributed by atoms with E-state index in [-0.39, 0.29) is 22.5 Å². The van der Waals surface area contributed by atoms with Gasteiger partial charge in [0, 0.05) is 21.8 Å². The molecule has 0 spiro atoms. The van der Waals surface area contributed by atoms with E-state index in [1.54, 1.807) is 48.5 Å². The molecule has 8 heteroatoms. The smallest absolute Gasteiger partial charge is 0.204 e. The Bertz CT molecular complexity index is 1790. The molecule has 0 radical (unpaired) electrons. The summed E-state index contributed by atoms with van der Waals surface area (Å²) < 4.78 is 27.3. The fourth-order valence-corrected chi connectivity index (χ4v) is 6.81. The second-order valence-corrected chi connectivity index (χ2v) is 10.7. The van der Waals surface area contributed by atoms with Crippen molar-refractivity contribution in [2.24, 2.45) is 0 Å². The van der Waals surface area contributed by atoms with Crippen molar-refractivity contribution in [2.45, 2.75) is 9.79 Å². The number of aromatic nitrogens is 2. The van der Waals surface area contributed by atoms with Crippen LogP contribution in [0.4, 0.5) is 8.78 Å². The lowest BCUT2D eigenvalue weighted by molar-refractivity contribution is 0.627. The van der Waals surface area contributed by atoms with Gasteiger partial charge in [0.1, 0.15) is 11.6 Å². The van der Waals surface area contributed by atoms with Crippen molar-refractivity contribution >= 4 is 43.4 Å². The first-order chi connectivity index (χ1) is 18.5. The molecule has 186 valence electrons. The summed E-state index contributed by atoms with van der Waals surface area (Å²) in [6.07, 6.45) is 0. The summed E-state index contributed by atoms with van der Waals surface area (Å²) in [5, 5.41) is 1.01. The maximum absolute atomic E-state index is 13.7. The Morgan fingerprint density at radius 1 is 0.500 bits per heavy atom. The van der Waals surface area contributed by atoms with Crippen molar-refractivity contribution in [3.8, 4) is 22.5 Å². The maximum Gasteiger partial charge on any atom is 0.204 e. The highest BCUT2D eigenvalue weighted by Crippen LogP contribution is 2.42. The molecule has 0 saturated heterocycles. The number of H-pyrrole nitrogens is 2. The molecule has 0 atom stereocenters. The van der Waals surface area contributed by atoms with E-state index in [4.69, 9.17) is 0 Å². The van der Waals surface area contributed by atoms with Crippen LogP contribution in [0, 0.1) is 11.6 Å². The molecule has 6 aromatic rings. The highest BCUT2D eigenvalue weighted by Gasteiger charge is 2.19. The van der Waals surface area contributed by atoms with Gasteiger partial charge in [-0.2, -0.15) is 0 Å². The van der Waals surface area contributed by atoms with Crippen LogP contribution < -0.4 is 10.9 Å². The van der Waals surface area contributed by atoms with E-state index in [0.29, 0.717) is 54.1 Å². The number of halogens is 2. The van der Waals surface area contributed by atoms with Crippen LogP contribution in [0.5, 0.6) is 0 Å². The van der Waals surface area contributed by atoms with E-state index < -0.39 is 0 Å². The molecule has 0 saturated carbocycles. The van der Waals surface area contributed by atoms with Crippen LogP contribution in [0.2, 0.25) is 0 Å². The molecule has 6 rings (SSSR count). The molecule has 0 aliphatic rings. The minimum absolute atomic E-state index is 0.197. The highest BCUT2D eigenvalue weighted by molar-refractivity contribution is 8.76. The lowest BCUT2D eigenvalue weighted by atomic mass is 10.1. The highest BCUT2D eigenvalue weighted by atomic mass is 33.1. The number of benzene rings is 4. The molecule has 2 heterocycles. The van der Waals surface area contributed by atoms with Crippen LogP contribution in [0.3, 0.4) is 0 Å². The summed E-state index contributed by atoms with van der Waals surface area (Å²) in [7, 11) is 2.32. The molecule has 4 nitrogen and oxygen atoms in total. The SMILES string of the molecule is O=c1c(SSc2c(-c3ccc(F)cc3)[nH]c3ccccc3c2=O)c(-c2ccc(F)cc2)[nH]c2ccccc12. The van der Waals surface area contributed by atoms with Gasteiger partial charge in [-0.05, 0) is 106 Å². The monoisotopic (exact) mass is 540 g/mol. The summed E-state index contributed by atoms with van der Waals surface area (Å²) in [5.74, 6) is -0.765. The van der Waals surface area contributed by atoms with Gasteiger partial charge >= 0.3 is 0 Å². The third kappa shape index (κ3) is 4.42. The molecular formula is C30H18F2N2O2S2. The third-order valence-corrected chi connectivity index (χ3v) is 8.65. The topological polar surface area (TPSA) is 65.7 Å². The van der Waals surface area contributed by atoms with Gasteiger partial charge < -0.3 is 9.97 Å². The van der Waals surface area contributed by atoms with Crippen molar-refractivity contribution in [2.75, 3.05) is 0 Å². The molecule has 0 amide bonds. The summed E-state index contributed by atoms with van der Waals surface area (Å²) in [6.45, 7) is 0. The van der Waals surface area contributed by atoms with Gasteiger partial charge in [-0.25, -0.2) is 8.78 Å². The Balaban J connectivity index is 1.52. The molecule has 2 aromatic heterocycles. The van der Waals surface area contributed by atoms with Gasteiger partial charge in [0.2, 0.25) is 10.9 Å². The van der Waals surface area contributed by atoms with Gasteiger partial charge in [0.25, 0.3) is 0 Å². The number of nitrogens with one attached hydrogen (secondary N) is 2. The summed E-state index contributed by atoms with van der Waals surface area (Å²) in [6, 6.07) is 26.1. The largest absolute Gasteiger partial charge is 0.353 e. The van der Waals surface area contributed by atoms with Gasteiger partial charge in [-0.15, -0.1) is 0 Å². The van der Waals surface area contributed by atoms with Crippen molar-refractivity contribution in [3.05, 3.63) is 129 Å². The average Bonchev–Trinajstić information content (AvgIpc) is 2.94. The molecular weight excluding hydrogens is 522 g/mol. The van der Waals surface area contributed by atoms with Gasteiger partial charge in [0.15, 0.2) is 0 Å². The first-order valence-corrected chi connectivity index (χ1v) is 13.8. The molecule has 4 aromatic carbocycles. The van der Waals surface area contributed by atoms with Gasteiger partial charge in [-0.1, -0.05) is 24.3 Å². The standard InChI is InChI=1S/C30H18F2N2O2S2/c31-19-13-9-17(10-14-19)25-29(27(35)21-5-1-3-7-23(21)33-25)37-38-30-26(18-11-15-20(32)16-12-18)34-24-8-4-2-6-22(24)28(30)36/h1-16H,(H,33,35)(H,34,36). The minimum atomic E-state index is -0.382.